The fourth-order valence-corrected chi connectivity index (χ4v) is 3.14. The maximum Gasteiger partial charge on any atom is 0.411 e. The average Bonchev–Trinajstić information content (AvgIpc) is 2.34. The number of hydrogen-bond acceptors (Lipinski definition) is 3. The summed E-state index contributed by atoms with van der Waals surface area (Å²) in [7, 11) is 0. The van der Waals surface area contributed by atoms with Crippen LogP contribution in [0.15, 0.2) is 12.7 Å². The van der Waals surface area contributed by atoms with E-state index in [4.69, 9.17) is 9.84 Å². The largest absolute Gasteiger partial charge is 0.480 e. The molecular formula is C13H19NO4. The molecule has 0 aromatic carbocycles. The van der Waals surface area contributed by atoms with Gasteiger partial charge in [-0.2, -0.15) is 0 Å². The van der Waals surface area contributed by atoms with Gasteiger partial charge < -0.3 is 9.84 Å². The van der Waals surface area contributed by atoms with E-state index >= 15 is 0 Å². The van der Waals surface area contributed by atoms with E-state index in [1.54, 1.807) is 0 Å². The molecule has 1 saturated carbocycles. The standard InChI is InChI=1S/C13H19NO4/c1-2-8-18-12(17)14-10(11(15)16)9-13(14)6-4-3-5-7-13/h2,10H,1,3-9H2,(H,15,16). The van der Waals surface area contributed by atoms with Gasteiger partial charge in [0.25, 0.3) is 0 Å². The Balaban J connectivity index is 2.10. The molecular weight excluding hydrogens is 234 g/mol. The summed E-state index contributed by atoms with van der Waals surface area (Å²) in [4.78, 5) is 24.5. The highest BCUT2D eigenvalue weighted by Gasteiger charge is 2.57. The summed E-state index contributed by atoms with van der Waals surface area (Å²) in [6.07, 6.45) is 6.58. The molecule has 5 heteroatoms. The summed E-state index contributed by atoms with van der Waals surface area (Å²) in [5, 5.41) is 9.12. The molecule has 0 aromatic heterocycles. The first-order valence-electron chi connectivity index (χ1n) is 6.40. The number of carboxylic acids is 1. The van der Waals surface area contributed by atoms with Crippen molar-refractivity contribution in [1.29, 1.82) is 0 Å². The fourth-order valence-electron chi connectivity index (χ4n) is 3.14. The summed E-state index contributed by atoms with van der Waals surface area (Å²) in [6, 6.07) is -0.722. The van der Waals surface area contributed by atoms with E-state index in [0.29, 0.717) is 6.42 Å². The lowest BCUT2D eigenvalue weighted by atomic mass is 9.69. The quantitative estimate of drug-likeness (QED) is 0.783. The number of carbonyl (C=O) groups is 2. The van der Waals surface area contributed by atoms with Gasteiger partial charge in [-0.15, -0.1) is 0 Å². The number of ether oxygens (including phenoxy) is 1. The van der Waals surface area contributed by atoms with Crippen molar-refractivity contribution in [3.05, 3.63) is 12.7 Å². The number of hydrogen-bond donors (Lipinski definition) is 1. The third-order valence-corrected chi connectivity index (χ3v) is 3.99. The summed E-state index contributed by atoms with van der Waals surface area (Å²) >= 11 is 0. The zero-order valence-electron chi connectivity index (χ0n) is 10.4. The lowest BCUT2D eigenvalue weighted by molar-refractivity contribution is -0.160. The first kappa shape index (κ1) is 12.9. The second-order valence-electron chi connectivity index (χ2n) is 5.08. The van der Waals surface area contributed by atoms with Gasteiger partial charge in [0.15, 0.2) is 0 Å². The van der Waals surface area contributed by atoms with Crippen molar-refractivity contribution in [2.24, 2.45) is 0 Å². The number of carboxylic acid groups (broad SMARTS) is 1. The first-order valence-corrected chi connectivity index (χ1v) is 6.40. The van der Waals surface area contributed by atoms with Crippen LogP contribution in [0.3, 0.4) is 0 Å². The van der Waals surface area contributed by atoms with E-state index in [2.05, 4.69) is 6.58 Å². The van der Waals surface area contributed by atoms with Gasteiger partial charge in [-0.25, -0.2) is 9.59 Å². The zero-order chi connectivity index (χ0) is 13.2. The van der Waals surface area contributed by atoms with Crippen LogP contribution in [0.5, 0.6) is 0 Å². The Morgan fingerprint density at radius 1 is 1.39 bits per heavy atom. The molecule has 5 nitrogen and oxygen atoms in total. The molecule has 1 N–H and O–H groups in total. The highest BCUT2D eigenvalue weighted by atomic mass is 16.6. The van der Waals surface area contributed by atoms with Crippen LogP contribution in [0.2, 0.25) is 0 Å². The maximum absolute atomic E-state index is 12.0. The molecule has 2 aliphatic rings. The van der Waals surface area contributed by atoms with Gasteiger partial charge in [-0.1, -0.05) is 31.9 Å². The van der Waals surface area contributed by atoms with Crippen LogP contribution in [0.25, 0.3) is 0 Å². The average molecular weight is 253 g/mol. The molecule has 1 saturated heterocycles. The molecule has 18 heavy (non-hydrogen) atoms. The molecule has 1 spiro atoms. The van der Waals surface area contributed by atoms with Gasteiger partial charge in [0.05, 0.1) is 0 Å². The van der Waals surface area contributed by atoms with Crippen molar-refractivity contribution < 1.29 is 19.4 Å². The van der Waals surface area contributed by atoms with Gasteiger partial charge in [0.1, 0.15) is 12.6 Å². The Hall–Kier alpha value is -1.52. The van der Waals surface area contributed by atoms with Crippen LogP contribution in [0.4, 0.5) is 4.79 Å². The molecule has 0 radical (unpaired) electrons. The predicted octanol–water partition coefficient (Wildman–Crippen LogP) is 2.17. The minimum Gasteiger partial charge on any atom is -0.480 e. The fraction of sp³-hybridized carbons (Fsp3) is 0.692. The molecule has 1 atom stereocenters. The molecule has 1 aliphatic heterocycles. The third-order valence-electron chi connectivity index (χ3n) is 3.99. The van der Waals surface area contributed by atoms with Crippen molar-refractivity contribution in [2.75, 3.05) is 6.61 Å². The molecule has 2 rings (SSSR count). The first-order chi connectivity index (χ1) is 8.60. The molecule has 1 heterocycles. The minimum atomic E-state index is -0.943. The second kappa shape index (κ2) is 5.00. The number of aliphatic carboxylic acids is 1. The van der Waals surface area contributed by atoms with Crippen LogP contribution in [-0.4, -0.2) is 40.3 Å². The van der Waals surface area contributed by atoms with Crippen LogP contribution < -0.4 is 0 Å². The van der Waals surface area contributed by atoms with Gasteiger partial charge in [-0.05, 0) is 12.8 Å². The van der Waals surface area contributed by atoms with E-state index in [0.717, 1.165) is 32.1 Å². The number of likely N-dealkylation sites (tertiary alicyclic amines) is 1. The Labute approximate surface area is 106 Å². The summed E-state index contributed by atoms with van der Waals surface area (Å²) in [6.45, 7) is 3.60. The highest BCUT2D eigenvalue weighted by molar-refractivity contribution is 5.83. The number of carbonyl (C=O) groups excluding carboxylic acids is 1. The van der Waals surface area contributed by atoms with Crippen molar-refractivity contribution in [1.82, 2.24) is 4.90 Å². The van der Waals surface area contributed by atoms with Gasteiger partial charge in [-0.3, -0.25) is 4.90 Å². The van der Waals surface area contributed by atoms with E-state index in [1.807, 2.05) is 0 Å². The topological polar surface area (TPSA) is 66.8 Å². The van der Waals surface area contributed by atoms with Crippen molar-refractivity contribution in [3.8, 4) is 0 Å². The Morgan fingerprint density at radius 3 is 2.61 bits per heavy atom. The maximum atomic E-state index is 12.0. The molecule has 1 unspecified atom stereocenters. The lowest BCUT2D eigenvalue weighted by Crippen LogP contribution is -2.70. The minimum absolute atomic E-state index is 0.123. The molecule has 0 aromatic rings. The summed E-state index contributed by atoms with van der Waals surface area (Å²) in [5.41, 5.74) is -0.264. The van der Waals surface area contributed by atoms with Crippen LogP contribution >= 0.6 is 0 Å². The highest BCUT2D eigenvalue weighted by Crippen LogP contribution is 2.47. The number of nitrogens with zero attached hydrogens (tertiary/aromatic N) is 1. The Kier molecular flexibility index (Phi) is 3.59. The van der Waals surface area contributed by atoms with Crippen molar-refractivity contribution >= 4 is 12.1 Å². The van der Waals surface area contributed by atoms with E-state index in [9.17, 15) is 9.59 Å². The number of rotatable bonds is 3. The van der Waals surface area contributed by atoms with Gasteiger partial charge >= 0.3 is 12.1 Å². The molecule has 0 bridgehead atoms. The van der Waals surface area contributed by atoms with E-state index in [1.165, 1.54) is 11.0 Å². The molecule has 2 fully saturated rings. The van der Waals surface area contributed by atoms with Crippen LogP contribution in [0.1, 0.15) is 38.5 Å². The van der Waals surface area contributed by atoms with E-state index in [-0.39, 0.29) is 12.1 Å². The van der Waals surface area contributed by atoms with Gasteiger partial charge in [0.2, 0.25) is 0 Å². The molecule has 1 amide bonds. The van der Waals surface area contributed by atoms with E-state index < -0.39 is 18.1 Å². The predicted molar refractivity (Wildman–Crippen MR) is 65.2 cm³/mol. The van der Waals surface area contributed by atoms with Crippen molar-refractivity contribution in [3.63, 3.8) is 0 Å². The lowest BCUT2D eigenvalue weighted by Gasteiger charge is -2.57. The summed E-state index contributed by atoms with van der Waals surface area (Å²) in [5.74, 6) is -0.943. The summed E-state index contributed by atoms with van der Waals surface area (Å²) < 4.78 is 5.01. The zero-order valence-corrected chi connectivity index (χ0v) is 10.4. The van der Waals surface area contributed by atoms with Gasteiger partial charge in [0, 0.05) is 12.0 Å². The smallest absolute Gasteiger partial charge is 0.411 e. The normalized spacial score (nSPS) is 25.3. The van der Waals surface area contributed by atoms with Crippen LogP contribution in [-0.2, 0) is 9.53 Å². The third kappa shape index (κ3) is 2.09. The number of amides is 1. The molecule has 1 aliphatic carbocycles. The SMILES string of the molecule is C=CCOC(=O)N1C(C(=O)O)CC12CCCCC2. The van der Waals surface area contributed by atoms with Crippen molar-refractivity contribution in [2.45, 2.75) is 50.1 Å². The monoisotopic (exact) mass is 253 g/mol. The Bertz CT molecular complexity index is 360. The second-order valence-corrected chi connectivity index (χ2v) is 5.08. The Morgan fingerprint density at radius 2 is 2.06 bits per heavy atom. The van der Waals surface area contributed by atoms with Crippen LogP contribution in [0, 0.1) is 0 Å². The molecule has 100 valence electrons.